The molecule has 0 aliphatic heterocycles. The third kappa shape index (κ3) is 4.48. The third-order valence-corrected chi connectivity index (χ3v) is 3.97. The second-order valence-electron chi connectivity index (χ2n) is 5.91. The maximum Gasteiger partial charge on any atom is 0.339 e. The number of hydrogen-bond acceptors (Lipinski definition) is 5. The monoisotopic (exact) mass is 377 g/mol. The number of pyridine rings is 1. The molecular weight excluding hydrogens is 361 g/mol. The number of esters is 1. The molecule has 3 aromatic rings. The predicted octanol–water partition coefficient (Wildman–Crippen LogP) is 3.23. The highest BCUT2D eigenvalue weighted by Gasteiger charge is 2.16. The second kappa shape index (κ2) is 8.73. The van der Waals surface area contributed by atoms with E-state index in [0.717, 1.165) is 0 Å². The normalized spacial score (nSPS) is 10.3. The minimum Gasteiger partial charge on any atom is -0.452 e. The Morgan fingerprint density at radius 1 is 1.14 bits per heavy atom. The van der Waals surface area contributed by atoms with Crippen molar-refractivity contribution in [1.82, 2.24) is 10.3 Å². The van der Waals surface area contributed by atoms with Crippen LogP contribution in [0, 0.1) is 17.1 Å². The molecule has 0 saturated carbocycles. The molecule has 1 N–H and O–H groups in total. The Kier molecular flexibility index (Phi) is 5.92. The Morgan fingerprint density at radius 2 is 1.89 bits per heavy atom. The van der Waals surface area contributed by atoms with Gasteiger partial charge in [-0.05, 0) is 36.4 Å². The summed E-state index contributed by atoms with van der Waals surface area (Å²) in [6, 6.07) is 16.3. The number of halogens is 1. The van der Waals surface area contributed by atoms with Crippen LogP contribution in [0.15, 0.2) is 54.6 Å². The van der Waals surface area contributed by atoms with Gasteiger partial charge in [-0.25, -0.2) is 14.2 Å². The number of ether oxygens (including phenoxy) is 1. The molecule has 0 bridgehead atoms. The molecular formula is C21H16FN3O3. The van der Waals surface area contributed by atoms with Gasteiger partial charge in [0.15, 0.2) is 6.61 Å². The van der Waals surface area contributed by atoms with Crippen molar-refractivity contribution in [1.29, 1.82) is 5.26 Å². The van der Waals surface area contributed by atoms with Crippen LogP contribution in [0.25, 0.3) is 22.2 Å². The first-order chi connectivity index (χ1) is 13.6. The number of benzene rings is 2. The molecule has 1 aromatic heterocycles. The fourth-order valence-corrected chi connectivity index (χ4v) is 2.63. The largest absolute Gasteiger partial charge is 0.452 e. The van der Waals surface area contributed by atoms with E-state index in [0.29, 0.717) is 22.2 Å². The molecule has 6 nitrogen and oxygen atoms in total. The van der Waals surface area contributed by atoms with Gasteiger partial charge in [-0.15, -0.1) is 0 Å². The van der Waals surface area contributed by atoms with Gasteiger partial charge in [0, 0.05) is 17.5 Å². The van der Waals surface area contributed by atoms with Crippen molar-refractivity contribution in [3.8, 4) is 17.3 Å². The molecule has 0 spiro atoms. The van der Waals surface area contributed by atoms with E-state index in [1.54, 1.807) is 42.5 Å². The Balaban J connectivity index is 1.87. The van der Waals surface area contributed by atoms with E-state index < -0.39 is 18.5 Å². The van der Waals surface area contributed by atoms with Crippen molar-refractivity contribution in [3.63, 3.8) is 0 Å². The zero-order valence-electron chi connectivity index (χ0n) is 14.8. The van der Waals surface area contributed by atoms with Crippen molar-refractivity contribution in [2.75, 3.05) is 13.2 Å². The summed E-state index contributed by atoms with van der Waals surface area (Å²) in [6.45, 7) is -0.257. The first kappa shape index (κ1) is 19.0. The first-order valence-corrected chi connectivity index (χ1v) is 8.55. The number of carbonyl (C=O) groups excluding carboxylic acids is 2. The van der Waals surface area contributed by atoms with Crippen molar-refractivity contribution >= 4 is 22.8 Å². The van der Waals surface area contributed by atoms with Gasteiger partial charge in [-0.3, -0.25) is 4.79 Å². The van der Waals surface area contributed by atoms with E-state index in [-0.39, 0.29) is 24.3 Å². The number of fused-ring (bicyclic) bond motifs is 1. The van der Waals surface area contributed by atoms with Gasteiger partial charge in [-0.2, -0.15) is 5.26 Å². The van der Waals surface area contributed by atoms with Crippen molar-refractivity contribution < 1.29 is 18.7 Å². The molecule has 0 aliphatic carbocycles. The molecule has 7 heteroatoms. The van der Waals surface area contributed by atoms with E-state index in [2.05, 4.69) is 10.3 Å². The molecule has 3 rings (SSSR count). The summed E-state index contributed by atoms with van der Waals surface area (Å²) < 4.78 is 18.3. The smallest absolute Gasteiger partial charge is 0.339 e. The lowest BCUT2D eigenvalue weighted by Gasteiger charge is -2.10. The maximum atomic E-state index is 13.2. The summed E-state index contributed by atoms with van der Waals surface area (Å²) in [6.07, 6.45) is 0.176. The van der Waals surface area contributed by atoms with Gasteiger partial charge in [0.1, 0.15) is 5.82 Å². The lowest BCUT2D eigenvalue weighted by molar-refractivity contribution is -0.124. The van der Waals surface area contributed by atoms with Crippen molar-refractivity contribution in [3.05, 3.63) is 66.0 Å². The molecule has 0 atom stereocenters. The summed E-state index contributed by atoms with van der Waals surface area (Å²) in [4.78, 5) is 28.8. The van der Waals surface area contributed by atoms with E-state index >= 15 is 0 Å². The fourth-order valence-electron chi connectivity index (χ4n) is 2.63. The Hall–Kier alpha value is -3.79. The number of nitrogens with one attached hydrogen (secondary N) is 1. The molecule has 1 amide bonds. The van der Waals surface area contributed by atoms with E-state index in [1.165, 1.54) is 12.1 Å². The van der Waals surface area contributed by atoms with Crippen LogP contribution < -0.4 is 5.32 Å². The molecule has 0 radical (unpaired) electrons. The average Bonchev–Trinajstić information content (AvgIpc) is 2.72. The number of para-hydroxylation sites is 1. The number of aromatic nitrogens is 1. The topological polar surface area (TPSA) is 92.1 Å². The van der Waals surface area contributed by atoms with Gasteiger partial charge in [0.05, 0.1) is 29.3 Å². The standard InChI is InChI=1S/C21H16FN3O3/c22-15-8-6-14(7-9-15)19-12-17(16-4-1-2-5-18(16)25-19)21(27)28-13-20(26)24-11-3-10-23/h1-2,4-9,12H,3,11,13H2,(H,24,26). The van der Waals surface area contributed by atoms with Gasteiger partial charge in [0.2, 0.25) is 0 Å². The van der Waals surface area contributed by atoms with Crippen LogP contribution in [0.4, 0.5) is 4.39 Å². The molecule has 2 aromatic carbocycles. The minimum absolute atomic E-state index is 0.176. The predicted molar refractivity (Wildman–Crippen MR) is 101 cm³/mol. The summed E-state index contributed by atoms with van der Waals surface area (Å²) in [5, 5.41) is 11.5. The van der Waals surface area contributed by atoms with E-state index in [1.807, 2.05) is 6.07 Å². The SMILES string of the molecule is N#CCCNC(=O)COC(=O)c1cc(-c2ccc(F)cc2)nc2ccccc12. The zero-order chi connectivity index (χ0) is 19.9. The van der Waals surface area contributed by atoms with E-state index in [4.69, 9.17) is 10.00 Å². The molecule has 1 heterocycles. The second-order valence-corrected chi connectivity index (χ2v) is 5.91. The van der Waals surface area contributed by atoms with Crippen LogP contribution in [0.2, 0.25) is 0 Å². The van der Waals surface area contributed by atoms with Crippen molar-refractivity contribution in [2.45, 2.75) is 6.42 Å². The highest BCUT2D eigenvalue weighted by molar-refractivity contribution is 6.05. The van der Waals surface area contributed by atoms with Gasteiger partial charge in [-0.1, -0.05) is 18.2 Å². The number of rotatable bonds is 6. The molecule has 0 saturated heterocycles. The number of nitrogens with zero attached hydrogens (tertiary/aromatic N) is 2. The Bertz CT molecular complexity index is 1060. The molecule has 0 unspecified atom stereocenters. The number of nitriles is 1. The van der Waals surface area contributed by atoms with Crippen LogP contribution in [-0.2, 0) is 9.53 Å². The fraction of sp³-hybridized carbons (Fsp3) is 0.143. The van der Waals surface area contributed by atoms with Crippen LogP contribution in [0.1, 0.15) is 16.8 Å². The highest BCUT2D eigenvalue weighted by Crippen LogP contribution is 2.25. The maximum absolute atomic E-state index is 13.2. The molecule has 28 heavy (non-hydrogen) atoms. The number of hydrogen-bond donors (Lipinski definition) is 1. The van der Waals surface area contributed by atoms with Crippen LogP contribution in [0.3, 0.4) is 0 Å². The van der Waals surface area contributed by atoms with Crippen LogP contribution >= 0.6 is 0 Å². The van der Waals surface area contributed by atoms with Gasteiger partial charge < -0.3 is 10.1 Å². The summed E-state index contributed by atoms with van der Waals surface area (Å²) in [5.41, 5.74) is 1.98. The third-order valence-electron chi connectivity index (χ3n) is 3.97. The Morgan fingerprint density at radius 3 is 2.64 bits per heavy atom. The zero-order valence-corrected chi connectivity index (χ0v) is 14.8. The molecule has 0 fully saturated rings. The summed E-state index contributed by atoms with van der Waals surface area (Å²) >= 11 is 0. The van der Waals surface area contributed by atoms with Crippen molar-refractivity contribution in [2.24, 2.45) is 0 Å². The minimum atomic E-state index is -0.669. The summed E-state index contributed by atoms with van der Waals surface area (Å²) in [7, 11) is 0. The quantitative estimate of drug-likeness (QED) is 0.526. The lowest BCUT2D eigenvalue weighted by Crippen LogP contribution is -2.29. The highest BCUT2D eigenvalue weighted by atomic mass is 19.1. The summed E-state index contributed by atoms with van der Waals surface area (Å²) in [5.74, 6) is -1.52. The van der Waals surface area contributed by atoms with Crippen LogP contribution in [0.5, 0.6) is 0 Å². The average molecular weight is 377 g/mol. The Labute approximate surface area is 160 Å². The van der Waals surface area contributed by atoms with Gasteiger partial charge >= 0.3 is 5.97 Å². The van der Waals surface area contributed by atoms with Crippen LogP contribution in [-0.4, -0.2) is 30.0 Å². The van der Waals surface area contributed by atoms with E-state index in [9.17, 15) is 14.0 Å². The van der Waals surface area contributed by atoms with Gasteiger partial charge in [0.25, 0.3) is 5.91 Å². The molecule has 140 valence electrons. The number of carbonyl (C=O) groups is 2. The lowest BCUT2D eigenvalue weighted by atomic mass is 10.0. The number of amides is 1. The first-order valence-electron chi connectivity index (χ1n) is 8.55. The molecule has 0 aliphatic rings.